The summed E-state index contributed by atoms with van der Waals surface area (Å²) in [4.78, 5) is 32.7. The largest absolute Gasteiger partial charge is 0.480 e. The smallest absolute Gasteiger partial charge is 0.327 e. The maximum Gasteiger partial charge on any atom is 0.327 e. The third-order valence-corrected chi connectivity index (χ3v) is 2.62. The average Bonchev–Trinajstić information content (AvgIpc) is 2.40. The first kappa shape index (κ1) is 16.1. The van der Waals surface area contributed by atoms with Crippen molar-refractivity contribution in [2.45, 2.75) is 19.4 Å². The molecule has 0 aliphatic heterocycles. The quantitative estimate of drug-likeness (QED) is 0.482. The van der Waals surface area contributed by atoms with E-state index in [1.165, 1.54) is 6.92 Å². The van der Waals surface area contributed by atoms with Crippen molar-refractivity contribution in [3.05, 3.63) is 39.2 Å². The zero-order valence-corrected chi connectivity index (χ0v) is 10.9. The molecule has 110 valence electrons. The fourth-order valence-corrected chi connectivity index (χ4v) is 1.58. The molecule has 0 saturated carbocycles. The number of carbonyl (C=O) groups is 2. The van der Waals surface area contributed by atoms with Crippen LogP contribution in [0.3, 0.4) is 0 Å². The minimum Gasteiger partial charge on any atom is -0.480 e. The van der Waals surface area contributed by atoms with Gasteiger partial charge in [0.25, 0.3) is 11.6 Å². The van der Waals surface area contributed by atoms with Crippen molar-refractivity contribution in [2.24, 2.45) is 0 Å². The van der Waals surface area contributed by atoms with Crippen LogP contribution in [-0.2, 0) is 4.79 Å². The van der Waals surface area contributed by atoms with E-state index >= 15 is 0 Å². The van der Waals surface area contributed by atoms with Crippen molar-refractivity contribution in [1.82, 2.24) is 5.32 Å². The zero-order chi connectivity index (χ0) is 16.2. The van der Waals surface area contributed by atoms with Crippen molar-refractivity contribution in [2.75, 3.05) is 0 Å². The van der Waals surface area contributed by atoms with Crippen LogP contribution >= 0.6 is 0 Å². The molecule has 1 aromatic rings. The number of hydrogen-bond acceptors (Lipinski definition) is 4. The molecule has 0 bridgehead atoms. The van der Waals surface area contributed by atoms with Crippen LogP contribution in [0.5, 0.6) is 0 Å². The minimum atomic E-state index is -1.40. The van der Waals surface area contributed by atoms with Crippen LogP contribution < -0.4 is 5.32 Å². The van der Waals surface area contributed by atoms with Gasteiger partial charge in [0.1, 0.15) is 11.9 Å². The van der Waals surface area contributed by atoms with Gasteiger partial charge >= 0.3 is 5.97 Å². The van der Waals surface area contributed by atoms with Gasteiger partial charge in [-0.15, -0.1) is 12.3 Å². The molecule has 0 fully saturated rings. The average molecular weight is 294 g/mol. The molecule has 1 aromatic carbocycles. The number of hydrogen-bond donors (Lipinski definition) is 2. The molecule has 0 aromatic heterocycles. The van der Waals surface area contributed by atoms with Gasteiger partial charge in [-0.1, -0.05) is 0 Å². The summed E-state index contributed by atoms with van der Waals surface area (Å²) in [6, 6.07) is 0.316. The highest BCUT2D eigenvalue weighted by atomic mass is 19.1. The third-order valence-electron chi connectivity index (χ3n) is 2.62. The fraction of sp³-hybridized carbons (Fsp3) is 0.231. The minimum absolute atomic E-state index is 0.0989. The Morgan fingerprint density at radius 1 is 1.57 bits per heavy atom. The van der Waals surface area contributed by atoms with Crippen LogP contribution in [0.25, 0.3) is 0 Å². The van der Waals surface area contributed by atoms with Gasteiger partial charge in [-0.05, 0) is 12.5 Å². The normalized spacial score (nSPS) is 11.3. The monoisotopic (exact) mass is 294 g/mol. The SMILES string of the molecule is C#CCC(NC(=O)c1cc([N+](=O)[O-])cc(C)c1F)C(=O)O. The highest BCUT2D eigenvalue weighted by molar-refractivity contribution is 5.97. The van der Waals surface area contributed by atoms with E-state index in [-0.39, 0.29) is 12.0 Å². The number of amides is 1. The second kappa shape index (κ2) is 6.47. The molecule has 8 heteroatoms. The van der Waals surface area contributed by atoms with Crippen LogP contribution in [0.4, 0.5) is 10.1 Å². The number of nitro groups is 1. The maximum atomic E-state index is 13.9. The lowest BCUT2D eigenvalue weighted by Crippen LogP contribution is -2.40. The van der Waals surface area contributed by atoms with E-state index in [0.29, 0.717) is 0 Å². The first-order valence-corrected chi connectivity index (χ1v) is 5.69. The Morgan fingerprint density at radius 2 is 2.19 bits per heavy atom. The van der Waals surface area contributed by atoms with E-state index in [2.05, 4.69) is 5.92 Å². The number of halogens is 1. The number of carboxylic acid groups (broad SMARTS) is 1. The summed E-state index contributed by atoms with van der Waals surface area (Å²) in [6.07, 6.45) is 4.68. The number of nitro benzene ring substituents is 1. The molecule has 1 rings (SSSR count). The lowest BCUT2D eigenvalue weighted by molar-refractivity contribution is -0.385. The molecule has 7 nitrogen and oxygen atoms in total. The van der Waals surface area contributed by atoms with E-state index in [9.17, 15) is 24.1 Å². The number of benzene rings is 1. The number of non-ortho nitro benzene ring substituents is 1. The fourth-order valence-electron chi connectivity index (χ4n) is 1.58. The lowest BCUT2D eigenvalue weighted by Gasteiger charge is -2.12. The molecule has 1 amide bonds. The number of rotatable bonds is 5. The number of nitrogens with zero attached hydrogens (tertiary/aromatic N) is 1. The van der Waals surface area contributed by atoms with Crippen molar-refractivity contribution in [3.8, 4) is 12.3 Å². The first-order valence-electron chi connectivity index (χ1n) is 5.69. The number of carbonyl (C=O) groups excluding carboxylic acids is 1. The van der Waals surface area contributed by atoms with Crippen molar-refractivity contribution in [3.63, 3.8) is 0 Å². The standard InChI is InChI=1S/C13H11FN2O5/c1-3-4-10(13(18)19)15-12(17)9-6-8(16(20)21)5-7(2)11(9)14/h1,5-6,10H,4H2,2H3,(H,15,17)(H,18,19). The summed E-state index contributed by atoms with van der Waals surface area (Å²) in [5.41, 5.74) is -1.17. The van der Waals surface area contributed by atoms with Gasteiger partial charge in [0.2, 0.25) is 0 Å². The van der Waals surface area contributed by atoms with E-state index in [1.807, 2.05) is 5.32 Å². The Bertz CT molecular complexity index is 651. The van der Waals surface area contributed by atoms with Gasteiger partial charge < -0.3 is 10.4 Å². The topological polar surface area (TPSA) is 110 Å². The summed E-state index contributed by atoms with van der Waals surface area (Å²) >= 11 is 0. The molecular weight excluding hydrogens is 283 g/mol. The number of aryl methyl sites for hydroxylation is 1. The first-order chi connectivity index (χ1) is 9.77. The van der Waals surface area contributed by atoms with Gasteiger partial charge in [0.05, 0.1) is 10.5 Å². The summed E-state index contributed by atoms with van der Waals surface area (Å²) in [5.74, 6) is -1.36. The summed E-state index contributed by atoms with van der Waals surface area (Å²) in [7, 11) is 0. The highest BCUT2D eigenvalue weighted by Crippen LogP contribution is 2.21. The van der Waals surface area contributed by atoms with E-state index in [0.717, 1.165) is 12.1 Å². The molecule has 21 heavy (non-hydrogen) atoms. The Morgan fingerprint density at radius 3 is 2.67 bits per heavy atom. The molecule has 0 aliphatic carbocycles. The lowest BCUT2D eigenvalue weighted by atomic mass is 10.1. The molecule has 2 N–H and O–H groups in total. The zero-order valence-electron chi connectivity index (χ0n) is 10.9. The number of carboxylic acids is 1. The summed E-state index contributed by atoms with van der Waals surface area (Å²) < 4.78 is 13.9. The summed E-state index contributed by atoms with van der Waals surface area (Å²) in [5, 5.41) is 21.6. The Balaban J connectivity index is 3.15. The van der Waals surface area contributed by atoms with Crippen LogP contribution in [-0.4, -0.2) is 27.9 Å². The molecule has 0 saturated heterocycles. The second-order valence-electron chi connectivity index (χ2n) is 4.15. The molecule has 0 spiro atoms. The van der Waals surface area contributed by atoms with Crippen molar-refractivity contribution in [1.29, 1.82) is 0 Å². The molecule has 0 radical (unpaired) electrons. The highest BCUT2D eigenvalue weighted by Gasteiger charge is 2.24. The number of terminal acetylenes is 1. The second-order valence-corrected chi connectivity index (χ2v) is 4.15. The maximum absolute atomic E-state index is 13.9. The molecule has 1 unspecified atom stereocenters. The van der Waals surface area contributed by atoms with E-state index < -0.39 is 39.9 Å². The van der Waals surface area contributed by atoms with Crippen LogP contribution in [0.1, 0.15) is 22.3 Å². The Kier molecular flexibility index (Phi) is 4.96. The predicted molar refractivity (Wildman–Crippen MR) is 70.1 cm³/mol. The van der Waals surface area contributed by atoms with E-state index in [4.69, 9.17) is 11.5 Å². The molecule has 1 atom stereocenters. The van der Waals surface area contributed by atoms with Gasteiger partial charge in [0.15, 0.2) is 0 Å². The number of nitrogens with one attached hydrogen (secondary N) is 1. The van der Waals surface area contributed by atoms with Crippen molar-refractivity contribution >= 4 is 17.6 Å². The Hall–Kier alpha value is -2.95. The van der Waals surface area contributed by atoms with Gasteiger partial charge in [0, 0.05) is 18.6 Å². The van der Waals surface area contributed by atoms with Crippen molar-refractivity contribution < 1.29 is 24.0 Å². The molecule has 0 heterocycles. The third kappa shape index (κ3) is 3.76. The van der Waals surface area contributed by atoms with Gasteiger partial charge in [-0.25, -0.2) is 9.18 Å². The van der Waals surface area contributed by atoms with Gasteiger partial charge in [-0.2, -0.15) is 0 Å². The summed E-state index contributed by atoms with van der Waals surface area (Å²) in [6.45, 7) is 1.26. The molecule has 0 aliphatic rings. The molecular formula is C13H11FN2O5. The van der Waals surface area contributed by atoms with Crippen LogP contribution in [0.15, 0.2) is 12.1 Å². The predicted octanol–water partition coefficient (Wildman–Crippen LogP) is 1.25. The Labute approximate surface area is 118 Å². The van der Waals surface area contributed by atoms with E-state index in [1.54, 1.807) is 0 Å². The van der Waals surface area contributed by atoms with Crippen LogP contribution in [0, 0.1) is 35.2 Å². The van der Waals surface area contributed by atoms with Crippen LogP contribution in [0.2, 0.25) is 0 Å². The number of aliphatic carboxylic acids is 1. The van der Waals surface area contributed by atoms with Gasteiger partial charge in [-0.3, -0.25) is 14.9 Å².